The first-order chi connectivity index (χ1) is 16.6. The lowest BCUT2D eigenvalue weighted by atomic mass is 10.2. The third kappa shape index (κ3) is 6.33. The number of morpholine rings is 1. The molecule has 8 nitrogen and oxygen atoms in total. The van der Waals surface area contributed by atoms with Gasteiger partial charge in [-0.2, -0.15) is 0 Å². The summed E-state index contributed by atoms with van der Waals surface area (Å²) >= 11 is 1.36. The summed E-state index contributed by atoms with van der Waals surface area (Å²) < 4.78 is 10.5. The zero-order valence-corrected chi connectivity index (χ0v) is 19.9. The lowest BCUT2D eigenvalue weighted by Gasteiger charge is -2.28. The number of carbonyl (C=O) groups is 2. The van der Waals surface area contributed by atoms with Gasteiger partial charge in [-0.1, -0.05) is 30.3 Å². The first-order valence-electron chi connectivity index (χ1n) is 11.2. The van der Waals surface area contributed by atoms with Crippen LogP contribution in [0.4, 0.5) is 10.8 Å². The average Bonchev–Trinajstić information content (AvgIpc) is 3.36. The summed E-state index contributed by atoms with van der Waals surface area (Å²) in [5.74, 6) is 0.607. The van der Waals surface area contributed by atoms with Crippen molar-refractivity contribution in [3.05, 3.63) is 71.2 Å². The Labute approximate surface area is 203 Å². The summed E-state index contributed by atoms with van der Waals surface area (Å²) in [5.41, 5.74) is 2.21. The van der Waals surface area contributed by atoms with Crippen LogP contribution in [-0.4, -0.2) is 66.6 Å². The van der Waals surface area contributed by atoms with Crippen LogP contribution in [0, 0.1) is 0 Å². The van der Waals surface area contributed by atoms with Crippen LogP contribution in [0.2, 0.25) is 0 Å². The number of nitrogens with one attached hydrogen (secondary N) is 1. The summed E-state index contributed by atoms with van der Waals surface area (Å²) in [6.45, 7) is 3.04. The molecule has 0 atom stereocenters. The Bertz CT molecular complexity index is 1080. The molecular weight excluding hydrogens is 452 g/mol. The van der Waals surface area contributed by atoms with E-state index in [0.717, 1.165) is 17.0 Å². The second-order valence-corrected chi connectivity index (χ2v) is 8.70. The minimum Gasteiger partial charge on any atom is -0.497 e. The predicted octanol–water partition coefficient (Wildman–Crippen LogP) is 3.79. The Morgan fingerprint density at radius 3 is 2.56 bits per heavy atom. The summed E-state index contributed by atoms with van der Waals surface area (Å²) in [6, 6.07) is 17.3. The fourth-order valence-electron chi connectivity index (χ4n) is 3.65. The molecule has 0 bridgehead atoms. The monoisotopic (exact) mass is 480 g/mol. The van der Waals surface area contributed by atoms with Crippen LogP contribution in [-0.2, 0) is 16.1 Å². The number of nitrogens with zero attached hydrogens (tertiary/aromatic N) is 3. The number of thiazole rings is 1. The number of hydrogen-bond acceptors (Lipinski definition) is 7. The molecule has 2 amide bonds. The van der Waals surface area contributed by atoms with Gasteiger partial charge in [0.2, 0.25) is 5.91 Å². The van der Waals surface area contributed by atoms with Gasteiger partial charge in [0.25, 0.3) is 5.91 Å². The highest BCUT2D eigenvalue weighted by Gasteiger charge is 2.23. The number of aromatic nitrogens is 1. The van der Waals surface area contributed by atoms with E-state index in [2.05, 4.69) is 10.3 Å². The van der Waals surface area contributed by atoms with E-state index in [1.54, 1.807) is 22.3 Å². The molecular formula is C25H28N4O4S. The maximum atomic E-state index is 13.4. The van der Waals surface area contributed by atoms with Crippen LogP contribution in [0.5, 0.6) is 5.75 Å². The van der Waals surface area contributed by atoms with Gasteiger partial charge < -0.3 is 24.6 Å². The Balaban J connectivity index is 1.44. The van der Waals surface area contributed by atoms with E-state index in [1.165, 1.54) is 11.3 Å². The van der Waals surface area contributed by atoms with Crippen LogP contribution < -0.4 is 10.1 Å². The lowest BCUT2D eigenvalue weighted by Crippen LogP contribution is -2.42. The van der Waals surface area contributed by atoms with Crippen molar-refractivity contribution in [3.8, 4) is 5.75 Å². The van der Waals surface area contributed by atoms with E-state index in [-0.39, 0.29) is 18.2 Å². The van der Waals surface area contributed by atoms with Crippen molar-refractivity contribution in [1.82, 2.24) is 14.8 Å². The molecule has 0 spiro atoms. The van der Waals surface area contributed by atoms with Crippen molar-refractivity contribution in [2.45, 2.75) is 13.0 Å². The van der Waals surface area contributed by atoms with Gasteiger partial charge in [-0.3, -0.25) is 9.59 Å². The third-order valence-corrected chi connectivity index (χ3v) is 6.29. The van der Waals surface area contributed by atoms with Crippen LogP contribution in [0.15, 0.2) is 60.0 Å². The van der Waals surface area contributed by atoms with E-state index in [9.17, 15) is 9.59 Å². The van der Waals surface area contributed by atoms with Gasteiger partial charge in [-0.25, -0.2) is 4.98 Å². The molecule has 178 valence electrons. The second kappa shape index (κ2) is 11.6. The summed E-state index contributed by atoms with van der Waals surface area (Å²) in [5, 5.41) is 5.59. The van der Waals surface area contributed by atoms with Crippen molar-refractivity contribution >= 4 is 34.0 Å². The second-order valence-electron chi connectivity index (χ2n) is 7.85. The maximum absolute atomic E-state index is 13.4. The Kier molecular flexibility index (Phi) is 8.11. The van der Waals surface area contributed by atoms with Crippen molar-refractivity contribution in [3.63, 3.8) is 0 Å². The van der Waals surface area contributed by atoms with Gasteiger partial charge in [-0.05, 0) is 29.8 Å². The number of rotatable bonds is 9. The van der Waals surface area contributed by atoms with Gasteiger partial charge >= 0.3 is 0 Å². The predicted molar refractivity (Wildman–Crippen MR) is 132 cm³/mol. The van der Waals surface area contributed by atoms with Gasteiger partial charge in [-0.15, -0.1) is 11.3 Å². The minimum absolute atomic E-state index is 0.0364. The number of benzene rings is 2. The summed E-state index contributed by atoms with van der Waals surface area (Å²) in [7, 11) is 1.62. The number of hydrogen-bond donors (Lipinski definition) is 1. The van der Waals surface area contributed by atoms with Crippen LogP contribution >= 0.6 is 11.3 Å². The number of anilines is 2. The fourth-order valence-corrected chi connectivity index (χ4v) is 4.35. The standard InChI is InChI=1S/C25H28N4O4S/c1-32-21-9-7-20(8-10-21)26-25-27-22(18-34-25)24(31)29(17-19-5-3-2-4-6-19)12-11-23(30)28-13-15-33-16-14-28/h2-10,18H,11-17H2,1H3,(H,26,27). The normalized spacial score (nSPS) is 13.4. The fraction of sp³-hybridized carbons (Fsp3) is 0.320. The van der Waals surface area contributed by atoms with Crippen molar-refractivity contribution in [2.75, 3.05) is 45.3 Å². The molecule has 4 rings (SSSR count). The molecule has 34 heavy (non-hydrogen) atoms. The van der Waals surface area contributed by atoms with Crippen molar-refractivity contribution < 1.29 is 19.1 Å². The number of amides is 2. The number of ether oxygens (including phenoxy) is 2. The molecule has 0 unspecified atom stereocenters. The van der Waals surface area contributed by atoms with Crippen LogP contribution in [0.25, 0.3) is 0 Å². The quantitative estimate of drug-likeness (QED) is 0.502. The molecule has 0 saturated carbocycles. The zero-order chi connectivity index (χ0) is 23.8. The molecule has 1 fully saturated rings. The highest BCUT2D eigenvalue weighted by Crippen LogP contribution is 2.24. The summed E-state index contributed by atoms with van der Waals surface area (Å²) in [4.78, 5) is 34.0. The molecule has 1 N–H and O–H groups in total. The largest absolute Gasteiger partial charge is 0.497 e. The van der Waals surface area contributed by atoms with E-state index in [0.29, 0.717) is 50.2 Å². The zero-order valence-electron chi connectivity index (χ0n) is 19.1. The first kappa shape index (κ1) is 23.7. The Hall–Kier alpha value is -3.43. The van der Waals surface area contributed by atoms with Gasteiger partial charge in [0, 0.05) is 43.7 Å². The smallest absolute Gasteiger partial charge is 0.273 e. The highest BCUT2D eigenvalue weighted by atomic mass is 32.1. The topological polar surface area (TPSA) is 84.0 Å². The molecule has 0 aliphatic carbocycles. The van der Waals surface area contributed by atoms with Gasteiger partial charge in [0.05, 0.1) is 20.3 Å². The Morgan fingerprint density at radius 1 is 1.12 bits per heavy atom. The van der Waals surface area contributed by atoms with E-state index >= 15 is 0 Å². The van der Waals surface area contributed by atoms with Gasteiger partial charge in [0.1, 0.15) is 11.4 Å². The lowest BCUT2D eigenvalue weighted by molar-refractivity contribution is -0.135. The SMILES string of the molecule is COc1ccc(Nc2nc(C(=O)N(CCC(=O)N3CCOCC3)Cc3ccccc3)cs2)cc1. The van der Waals surface area contributed by atoms with Crippen LogP contribution in [0.3, 0.4) is 0 Å². The minimum atomic E-state index is -0.197. The van der Waals surface area contributed by atoms with E-state index < -0.39 is 0 Å². The number of methoxy groups -OCH3 is 1. The van der Waals surface area contributed by atoms with Crippen molar-refractivity contribution in [1.29, 1.82) is 0 Å². The van der Waals surface area contributed by atoms with Crippen LogP contribution in [0.1, 0.15) is 22.5 Å². The molecule has 2 heterocycles. The maximum Gasteiger partial charge on any atom is 0.273 e. The van der Waals surface area contributed by atoms with Gasteiger partial charge in [0.15, 0.2) is 5.13 Å². The van der Waals surface area contributed by atoms with Crippen molar-refractivity contribution in [2.24, 2.45) is 0 Å². The third-order valence-electron chi connectivity index (χ3n) is 5.53. The summed E-state index contributed by atoms with van der Waals surface area (Å²) in [6.07, 6.45) is 0.264. The molecule has 1 aliphatic rings. The first-order valence-corrected chi connectivity index (χ1v) is 12.1. The molecule has 9 heteroatoms. The molecule has 1 saturated heterocycles. The molecule has 2 aromatic carbocycles. The molecule has 3 aromatic rings. The molecule has 1 aliphatic heterocycles. The Morgan fingerprint density at radius 2 is 1.85 bits per heavy atom. The van der Waals surface area contributed by atoms with E-state index in [4.69, 9.17) is 9.47 Å². The highest BCUT2D eigenvalue weighted by molar-refractivity contribution is 7.14. The average molecular weight is 481 g/mol. The molecule has 0 radical (unpaired) electrons. The molecule has 1 aromatic heterocycles. The number of carbonyl (C=O) groups excluding carboxylic acids is 2. The van der Waals surface area contributed by atoms with E-state index in [1.807, 2.05) is 54.6 Å².